The number of ether oxygens (including phenoxy) is 1. The van der Waals surface area contributed by atoms with Gasteiger partial charge in [-0.05, 0) is 25.7 Å². The lowest BCUT2D eigenvalue weighted by Crippen LogP contribution is -2.00. The Balaban J connectivity index is 3.56. The lowest BCUT2D eigenvalue weighted by molar-refractivity contribution is -0.140. The maximum Gasteiger partial charge on any atom is 0.305 e. The molecule has 0 fully saturated rings. The van der Waals surface area contributed by atoms with Crippen LogP contribution in [0.25, 0.3) is 0 Å². The van der Waals surface area contributed by atoms with Gasteiger partial charge in [0.25, 0.3) is 0 Å². The summed E-state index contributed by atoms with van der Waals surface area (Å²) < 4.78 is 4.57. The summed E-state index contributed by atoms with van der Waals surface area (Å²) in [7, 11) is 1.41. The zero-order valence-corrected chi connectivity index (χ0v) is 13.5. The van der Waals surface area contributed by atoms with Gasteiger partial charge in [-0.2, -0.15) is 0 Å². The van der Waals surface area contributed by atoms with Gasteiger partial charge >= 0.3 is 5.97 Å². The van der Waals surface area contributed by atoms with E-state index in [0.717, 1.165) is 32.1 Å². The molecule has 21 heavy (non-hydrogen) atoms. The van der Waals surface area contributed by atoms with Crippen molar-refractivity contribution in [2.24, 2.45) is 0 Å². The van der Waals surface area contributed by atoms with Crippen molar-refractivity contribution in [3.05, 3.63) is 36.5 Å². The van der Waals surface area contributed by atoms with Crippen LogP contribution in [0.4, 0.5) is 0 Å². The second-order valence-electron chi connectivity index (χ2n) is 5.05. The topological polar surface area (TPSA) is 46.5 Å². The van der Waals surface area contributed by atoms with Gasteiger partial charge in [0.2, 0.25) is 0 Å². The third-order valence-corrected chi connectivity index (χ3v) is 3.10. The van der Waals surface area contributed by atoms with Crippen LogP contribution in [0.2, 0.25) is 0 Å². The molecule has 0 saturated carbocycles. The molecule has 0 aromatic carbocycles. The monoisotopic (exact) mass is 294 g/mol. The standard InChI is InChI=1S/C18H30O3/c1-3-4-11-14-17(19)15-12-9-7-5-6-8-10-13-16-18(20)21-2/h6-9,12,15,17,19H,3-5,10-11,13-14,16H2,1-2H3/b8-6-,9-7+,15-12+/t17-/m0/s1. The summed E-state index contributed by atoms with van der Waals surface area (Å²) in [4.78, 5) is 10.9. The number of allylic oxidation sites excluding steroid dienone is 5. The molecule has 3 nitrogen and oxygen atoms in total. The molecule has 0 rings (SSSR count). The Morgan fingerprint density at radius 2 is 1.95 bits per heavy atom. The Labute approximate surface area is 129 Å². The van der Waals surface area contributed by atoms with Crippen LogP contribution in [0.1, 0.15) is 58.3 Å². The Morgan fingerprint density at radius 1 is 1.14 bits per heavy atom. The lowest BCUT2D eigenvalue weighted by Gasteiger charge is -2.02. The Kier molecular flexibility index (Phi) is 14.1. The van der Waals surface area contributed by atoms with E-state index in [4.69, 9.17) is 0 Å². The first kappa shape index (κ1) is 19.7. The van der Waals surface area contributed by atoms with Crippen LogP contribution in [-0.2, 0) is 9.53 Å². The Hall–Kier alpha value is -1.35. The van der Waals surface area contributed by atoms with Gasteiger partial charge in [-0.25, -0.2) is 0 Å². The number of aliphatic hydroxyl groups is 1. The third-order valence-electron chi connectivity index (χ3n) is 3.10. The number of esters is 1. The van der Waals surface area contributed by atoms with Gasteiger partial charge in [0.15, 0.2) is 0 Å². The van der Waals surface area contributed by atoms with Crippen molar-refractivity contribution in [2.75, 3.05) is 7.11 Å². The molecule has 120 valence electrons. The molecular formula is C18H30O3. The number of aliphatic hydroxyl groups excluding tert-OH is 1. The number of carbonyl (C=O) groups is 1. The predicted octanol–water partition coefficient (Wildman–Crippen LogP) is 4.33. The second-order valence-corrected chi connectivity index (χ2v) is 5.05. The summed E-state index contributed by atoms with van der Waals surface area (Å²) in [5.74, 6) is -0.147. The van der Waals surface area contributed by atoms with Crippen molar-refractivity contribution in [3.63, 3.8) is 0 Å². The first-order chi connectivity index (χ1) is 10.2. The van der Waals surface area contributed by atoms with E-state index in [2.05, 4.69) is 23.8 Å². The lowest BCUT2D eigenvalue weighted by atomic mass is 10.1. The molecule has 0 unspecified atom stereocenters. The number of carbonyl (C=O) groups excluding carboxylic acids is 1. The number of methoxy groups -OCH3 is 1. The smallest absolute Gasteiger partial charge is 0.305 e. The summed E-state index contributed by atoms with van der Waals surface area (Å²) in [5, 5.41) is 9.67. The van der Waals surface area contributed by atoms with Gasteiger partial charge in [-0.1, -0.05) is 62.6 Å². The number of unbranched alkanes of at least 4 members (excludes halogenated alkanes) is 3. The summed E-state index contributed by atoms with van der Waals surface area (Å²) in [6, 6.07) is 0. The second kappa shape index (κ2) is 15.0. The SMILES string of the molecule is CCCCC[C@H](O)/C=C/C=C/C/C=C\CCCC(=O)OC. The van der Waals surface area contributed by atoms with Crippen LogP contribution in [0, 0.1) is 0 Å². The first-order valence-corrected chi connectivity index (χ1v) is 7.94. The van der Waals surface area contributed by atoms with Crippen LogP contribution in [0.5, 0.6) is 0 Å². The minimum absolute atomic E-state index is 0.147. The molecule has 1 N–H and O–H groups in total. The van der Waals surface area contributed by atoms with E-state index < -0.39 is 0 Å². The van der Waals surface area contributed by atoms with Crippen molar-refractivity contribution < 1.29 is 14.6 Å². The van der Waals surface area contributed by atoms with Crippen molar-refractivity contribution in [3.8, 4) is 0 Å². The average Bonchev–Trinajstić information content (AvgIpc) is 2.49. The maximum atomic E-state index is 10.9. The normalized spacial score (nSPS) is 13.5. The fourth-order valence-corrected chi connectivity index (χ4v) is 1.81. The molecule has 1 atom stereocenters. The van der Waals surface area contributed by atoms with Crippen molar-refractivity contribution in [1.29, 1.82) is 0 Å². The molecule has 0 heterocycles. The highest BCUT2D eigenvalue weighted by Gasteiger charge is 1.97. The van der Waals surface area contributed by atoms with E-state index >= 15 is 0 Å². The minimum Gasteiger partial charge on any atom is -0.469 e. The number of rotatable bonds is 12. The molecule has 0 amide bonds. The van der Waals surface area contributed by atoms with Crippen LogP contribution in [-0.4, -0.2) is 24.3 Å². The molecule has 0 aliphatic heterocycles. The molecule has 0 spiro atoms. The highest BCUT2D eigenvalue weighted by molar-refractivity contribution is 5.68. The quantitative estimate of drug-likeness (QED) is 0.252. The molecule has 0 saturated heterocycles. The molecule has 0 aromatic heterocycles. The first-order valence-electron chi connectivity index (χ1n) is 7.94. The van der Waals surface area contributed by atoms with E-state index in [1.54, 1.807) is 0 Å². The van der Waals surface area contributed by atoms with Gasteiger partial charge in [0, 0.05) is 6.42 Å². The summed E-state index contributed by atoms with van der Waals surface area (Å²) in [5.41, 5.74) is 0. The van der Waals surface area contributed by atoms with Crippen LogP contribution in [0.3, 0.4) is 0 Å². The number of hydrogen-bond acceptors (Lipinski definition) is 3. The molecule has 3 heteroatoms. The highest BCUT2D eigenvalue weighted by Crippen LogP contribution is 2.04. The Bertz CT molecular complexity index is 329. The summed E-state index contributed by atoms with van der Waals surface area (Å²) >= 11 is 0. The van der Waals surface area contributed by atoms with Gasteiger partial charge in [-0.15, -0.1) is 0 Å². The zero-order valence-electron chi connectivity index (χ0n) is 13.5. The molecule has 0 bridgehead atoms. The van der Waals surface area contributed by atoms with Crippen LogP contribution < -0.4 is 0 Å². The summed E-state index contributed by atoms with van der Waals surface area (Å²) in [6.45, 7) is 2.16. The molecule has 0 radical (unpaired) electrons. The predicted molar refractivity (Wildman–Crippen MR) is 88.1 cm³/mol. The van der Waals surface area contributed by atoms with Crippen LogP contribution >= 0.6 is 0 Å². The van der Waals surface area contributed by atoms with E-state index in [-0.39, 0.29) is 12.1 Å². The van der Waals surface area contributed by atoms with E-state index in [0.29, 0.717) is 6.42 Å². The van der Waals surface area contributed by atoms with Crippen molar-refractivity contribution in [1.82, 2.24) is 0 Å². The van der Waals surface area contributed by atoms with E-state index in [1.807, 2.05) is 24.3 Å². The minimum atomic E-state index is -0.324. The molecule has 0 aliphatic rings. The van der Waals surface area contributed by atoms with Crippen molar-refractivity contribution in [2.45, 2.75) is 64.4 Å². The Morgan fingerprint density at radius 3 is 2.67 bits per heavy atom. The zero-order chi connectivity index (χ0) is 15.8. The van der Waals surface area contributed by atoms with Crippen molar-refractivity contribution >= 4 is 5.97 Å². The van der Waals surface area contributed by atoms with E-state index in [1.165, 1.54) is 20.0 Å². The van der Waals surface area contributed by atoms with Gasteiger partial charge in [0.1, 0.15) is 0 Å². The highest BCUT2D eigenvalue weighted by atomic mass is 16.5. The third kappa shape index (κ3) is 14.9. The fourth-order valence-electron chi connectivity index (χ4n) is 1.81. The maximum absolute atomic E-state index is 10.9. The molecular weight excluding hydrogens is 264 g/mol. The van der Waals surface area contributed by atoms with E-state index in [9.17, 15) is 9.90 Å². The van der Waals surface area contributed by atoms with Gasteiger partial charge < -0.3 is 9.84 Å². The van der Waals surface area contributed by atoms with Crippen LogP contribution in [0.15, 0.2) is 36.5 Å². The van der Waals surface area contributed by atoms with Gasteiger partial charge in [0.05, 0.1) is 13.2 Å². The molecule has 0 aromatic rings. The average molecular weight is 294 g/mol. The fraction of sp³-hybridized carbons (Fsp3) is 0.611. The number of hydrogen-bond donors (Lipinski definition) is 1. The summed E-state index contributed by atoms with van der Waals surface area (Å²) in [6.07, 6.45) is 19.0. The molecule has 0 aliphatic carbocycles. The largest absolute Gasteiger partial charge is 0.469 e. The van der Waals surface area contributed by atoms with Gasteiger partial charge in [-0.3, -0.25) is 4.79 Å².